The van der Waals surface area contributed by atoms with Gasteiger partial charge in [-0.25, -0.2) is 4.79 Å². The number of ether oxygens (including phenoxy) is 1. The molecule has 0 aliphatic heterocycles. The summed E-state index contributed by atoms with van der Waals surface area (Å²) < 4.78 is 4.67. The fourth-order valence-electron chi connectivity index (χ4n) is 2.19. The summed E-state index contributed by atoms with van der Waals surface area (Å²) in [6, 6.07) is 14.2. The number of hydrogen-bond acceptors (Lipinski definition) is 4. The van der Waals surface area contributed by atoms with Crippen molar-refractivity contribution in [1.82, 2.24) is 5.32 Å². The molecule has 0 atom stereocenters. The van der Waals surface area contributed by atoms with Crippen molar-refractivity contribution in [3.05, 3.63) is 65.2 Å². The Bertz CT molecular complexity index is 769. The highest BCUT2D eigenvalue weighted by Crippen LogP contribution is 2.16. The van der Waals surface area contributed by atoms with E-state index in [4.69, 9.17) is 0 Å². The summed E-state index contributed by atoms with van der Waals surface area (Å²) >= 11 is 0. The Morgan fingerprint density at radius 2 is 1.64 bits per heavy atom. The fourth-order valence-corrected chi connectivity index (χ4v) is 2.19. The second kappa shape index (κ2) is 8.63. The Hall–Kier alpha value is -3.15. The predicted octanol–water partition coefficient (Wildman–Crippen LogP) is 2.43. The molecule has 0 fully saturated rings. The number of hydrogen-bond donors (Lipinski definition) is 2. The quantitative estimate of drug-likeness (QED) is 0.625. The molecule has 0 radical (unpaired) electrons. The Morgan fingerprint density at radius 1 is 0.960 bits per heavy atom. The molecule has 0 aliphatic carbocycles. The minimum Gasteiger partial charge on any atom is -0.465 e. The van der Waals surface area contributed by atoms with E-state index in [-0.39, 0.29) is 12.0 Å². The molecule has 25 heavy (non-hydrogen) atoms. The highest BCUT2D eigenvalue weighted by atomic mass is 16.5. The number of aryl methyl sites for hydroxylation is 1. The first kappa shape index (κ1) is 18.2. The number of nitrogens with one attached hydrogen (secondary N) is 2. The number of esters is 1. The van der Waals surface area contributed by atoms with E-state index < -0.39 is 17.8 Å². The Kier molecular flexibility index (Phi) is 6.28. The van der Waals surface area contributed by atoms with Gasteiger partial charge in [-0.2, -0.15) is 0 Å². The summed E-state index contributed by atoms with van der Waals surface area (Å²) in [5.41, 5.74) is 2.64. The van der Waals surface area contributed by atoms with E-state index in [1.165, 1.54) is 7.11 Å². The van der Waals surface area contributed by atoms with Gasteiger partial charge in [-0.05, 0) is 24.6 Å². The molecule has 2 rings (SSSR count). The molecule has 0 aromatic heterocycles. The average Bonchev–Trinajstić information content (AvgIpc) is 2.61. The van der Waals surface area contributed by atoms with Gasteiger partial charge in [0.1, 0.15) is 6.42 Å². The zero-order chi connectivity index (χ0) is 18.2. The van der Waals surface area contributed by atoms with Crippen LogP contribution in [-0.4, -0.2) is 24.9 Å². The number of carbonyl (C=O) groups is 3. The summed E-state index contributed by atoms with van der Waals surface area (Å²) in [5, 5.41) is 5.25. The lowest BCUT2D eigenvalue weighted by Crippen LogP contribution is -2.28. The second-order valence-electron chi connectivity index (χ2n) is 5.52. The molecule has 0 unspecified atom stereocenters. The van der Waals surface area contributed by atoms with Gasteiger partial charge < -0.3 is 15.4 Å². The minimum absolute atomic E-state index is 0.235. The zero-order valence-corrected chi connectivity index (χ0v) is 14.2. The molecule has 2 N–H and O–H groups in total. The lowest BCUT2D eigenvalue weighted by molar-refractivity contribution is -0.126. The van der Waals surface area contributed by atoms with Crippen LogP contribution in [0.3, 0.4) is 0 Å². The summed E-state index contributed by atoms with van der Waals surface area (Å²) in [7, 11) is 1.26. The molecule has 2 aromatic carbocycles. The van der Waals surface area contributed by atoms with Crippen LogP contribution in [0, 0.1) is 6.92 Å². The smallest absolute Gasteiger partial charge is 0.339 e. The summed E-state index contributed by atoms with van der Waals surface area (Å²) in [6.45, 7) is 2.34. The molecule has 0 heterocycles. The molecule has 0 spiro atoms. The first-order chi connectivity index (χ1) is 12.0. The van der Waals surface area contributed by atoms with Crippen LogP contribution in [0.25, 0.3) is 0 Å². The van der Waals surface area contributed by atoms with Crippen LogP contribution in [0.15, 0.2) is 48.5 Å². The third-order valence-corrected chi connectivity index (χ3v) is 3.54. The van der Waals surface area contributed by atoms with Crippen LogP contribution in [0.2, 0.25) is 0 Å². The normalized spacial score (nSPS) is 10.0. The van der Waals surface area contributed by atoms with Crippen LogP contribution >= 0.6 is 0 Å². The number of methoxy groups -OCH3 is 1. The van der Waals surface area contributed by atoms with E-state index in [1.54, 1.807) is 24.3 Å². The third-order valence-electron chi connectivity index (χ3n) is 3.54. The van der Waals surface area contributed by atoms with Crippen molar-refractivity contribution in [2.24, 2.45) is 0 Å². The molecule has 130 valence electrons. The monoisotopic (exact) mass is 340 g/mol. The van der Waals surface area contributed by atoms with Crippen molar-refractivity contribution in [2.45, 2.75) is 19.9 Å². The van der Waals surface area contributed by atoms with Crippen LogP contribution < -0.4 is 10.6 Å². The zero-order valence-electron chi connectivity index (χ0n) is 14.2. The van der Waals surface area contributed by atoms with Gasteiger partial charge in [0.15, 0.2) is 0 Å². The van der Waals surface area contributed by atoms with Crippen molar-refractivity contribution in [3.8, 4) is 0 Å². The number of para-hydroxylation sites is 1. The van der Waals surface area contributed by atoms with E-state index >= 15 is 0 Å². The van der Waals surface area contributed by atoms with Gasteiger partial charge >= 0.3 is 5.97 Å². The van der Waals surface area contributed by atoms with Gasteiger partial charge in [0.2, 0.25) is 11.8 Å². The molecular formula is C19H20N2O4. The molecule has 0 saturated carbocycles. The van der Waals surface area contributed by atoms with E-state index in [2.05, 4.69) is 15.4 Å². The summed E-state index contributed by atoms with van der Waals surface area (Å²) in [5.74, 6) is -1.45. The van der Waals surface area contributed by atoms with Gasteiger partial charge in [-0.3, -0.25) is 9.59 Å². The first-order valence-corrected chi connectivity index (χ1v) is 7.79. The van der Waals surface area contributed by atoms with Crippen molar-refractivity contribution < 1.29 is 19.1 Å². The topological polar surface area (TPSA) is 84.5 Å². The maximum absolute atomic E-state index is 12.0. The van der Waals surface area contributed by atoms with E-state index in [0.717, 1.165) is 11.1 Å². The van der Waals surface area contributed by atoms with E-state index in [0.29, 0.717) is 12.2 Å². The lowest BCUT2D eigenvalue weighted by Gasteiger charge is -2.10. The molecule has 0 saturated heterocycles. The molecule has 2 aromatic rings. The van der Waals surface area contributed by atoms with Gasteiger partial charge in [0.05, 0.1) is 18.4 Å². The Labute approximate surface area is 146 Å². The average molecular weight is 340 g/mol. The van der Waals surface area contributed by atoms with Gasteiger partial charge in [0.25, 0.3) is 0 Å². The van der Waals surface area contributed by atoms with E-state index in [1.807, 2.05) is 31.2 Å². The summed E-state index contributed by atoms with van der Waals surface area (Å²) in [4.78, 5) is 35.6. The fraction of sp³-hybridized carbons (Fsp3) is 0.211. The maximum atomic E-state index is 12.0. The van der Waals surface area contributed by atoms with Crippen molar-refractivity contribution >= 4 is 23.5 Å². The van der Waals surface area contributed by atoms with Crippen molar-refractivity contribution in [3.63, 3.8) is 0 Å². The van der Waals surface area contributed by atoms with Crippen LogP contribution in [0.1, 0.15) is 27.9 Å². The molecular weight excluding hydrogens is 320 g/mol. The van der Waals surface area contributed by atoms with Crippen LogP contribution in [0.5, 0.6) is 0 Å². The highest BCUT2D eigenvalue weighted by molar-refractivity contribution is 6.06. The molecule has 2 amide bonds. The predicted molar refractivity (Wildman–Crippen MR) is 94.1 cm³/mol. The third kappa shape index (κ3) is 5.46. The van der Waals surface area contributed by atoms with Crippen LogP contribution in [0.4, 0.5) is 5.69 Å². The Morgan fingerprint density at radius 3 is 2.32 bits per heavy atom. The van der Waals surface area contributed by atoms with Gasteiger partial charge in [-0.15, -0.1) is 0 Å². The molecule has 6 nitrogen and oxygen atoms in total. The number of rotatable bonds is 6. The first-order valence-electron chi connectivity index (χ1n) is 7.79. The highest BCUT2D eigenvalue weighted by Gasteiger charge is 2.15. The summed E-state index contributed by atoms with van der Waals surface area (Å²) in [6.07, 6.45) is -0.332. The molecule has 0 aliphatic rings. The SMILES string of the molecule is COC(=O)c1ccccc1NC(=O)CC(=O)NCc1ccc(C)cc1. The minimum atomic E-state index is -0.556. The maximum Gasteiger partial charge on any atom is 0.339 e. The van der Waals surface area contributed by atoms with Gasteiger partial charge in [0, 0.05) is 6.54 Å². The van der Waals surface area contributed by atoms with Crippen molar-refractivity contribution in [1.29, 1.82) is 0 Å². The number of anilines is 1. The molecule has 0 bridgehead atoms. The van der Waals surface area contributed by atoms with E-state index in [9.17, 15) is 14.4 Å². The standard InChI is InChI=1S/C19H20N2O4/c1-13-7-9-14(10-8-13)12-20-17(22)11-18(23)21-16-6-4-3-5-15(16)19(24)25-2/h3-10H,11-12H2,1-2H3,(H,20,22)(H,21,23). The largest absolute Gasteiger partial charge is 0.465 e. The number of carbonyl (C=O) groups excluding carboxylic acids is 3. The number of amides is 2. The van der Waals surface area contributed by atoms with Gasteiger partial charge in [-0.1, -0.05) is 42.0 Å². The molecule has 6 heteroatoms. The Balaban J connectivity index is 1.88. The second-order valence-corrected chi connectivity index (χ2v) is 5.52. The van der Waals surface area contributed by atoms with Crippen molar-refractivity contribution in [2.75, 3.05) is 12.4 Å². The number of benzene rings is 2. The van der Waals surface area contributed by atoms with Crippen LogP contribution in [-0.2, 0) is 20.9 Å². The lowest BCUT2D eigenvalue weighted by atomic mass is 10.1.